The van der Waals surface area contributed by atoms with Crippen LogP contribution in [0, 0.1) is 13.8 Å². The lowest BCUT2D eigenvalue weighted by atomic mass is 10.1. The Morgan fingerprint density at radius 1 is 1.14 bits per heavy atom. The van der Waals surface area contributed by atoms with Crippen LogP contribution in [-0.4, -0.2) is 49.0 Å². The number of rotatable bonds is 4. The van der Waals surface area contributed by atoms with Crippen molar-refractivity contribution in [2.45, 2.75) is 13.8 Å². The average molecular weight is 397 g/mol. The van der Waals surface area contributed by atoms with E-state index in [-0.39, 0.29) is 5.91 Å². The van der Waals surface area contributed by atoms with Crippen LogP contribution in [0.4, 0.5) is 11.4 Å². The zero-order valence-corrected chi connectivity index (χ0v) is 17.2. The first-order valence-electron chi connectivity index (χ1n) is 9.37. The summed E-state index contributed by atoms with van der Waals surface area (Å²) in [5, 5.41) is 5.45. The number of aromatic nitrogens is 1. The summed E-state index contributed by atoms with van der Waals surface area (Å²) in [5.74, 6) is 1.31. The second kappa shape index (κ2) is 7.77. The fraction of sp³-hybridized carbons (Fsp3) is 0.333. The highest BCUT2D eigenvalue weighted by molar-refractivity contribution is 7.13. The highest BCUT2D eigenvalue weighted by Crippen LogP contribution is 2.27. The molecule has 0 unspecified atom stereocenters. The van der Waals surface area contributed by atoms with Gasteiger partial charge in [-0.3, -0.25) is 4.79 Å². The molecule has 1 fully saturated rings. The van der Waals surface area contributed by atoms with E-state index in [4.69, 9.17) is 4.42 Å². The molecule has 1 aliphatic heterocycles. The average Bonchev–Trinajstić information content (AvgIpc) is 3.33. The normalized spacial score (nSPS) is 15.0. The lowest BCUT2D eigenvalue weighted by molar-refractivity contribution is 0.102. The van der Waals surface area contributed by atoms with Crippen LogP contribution in [0.15, 0.2) is 40.1 Å². The highest BCUT2D eigenvalue weighted by Gasteiger charge is 2.17. The number of furan rings is 1. The summed E-state index contributed by atoms with van der Waals surface area (Å²) in [4.78, 5) is 21.8. The summed E-state index contributed by atoms with van der Waals surface area (Å²) >= 11 is 1.40. The Bertz CT molecular complexity index is 986. The van der Waals surface area contributed by atoms with E-state index in [1.807, 2.05) is 32.0 Å². The predicted octanol–water partition coefficient (Wildman–Crippen LogP) is 4.02. The number of anilines is 2. The molecule has 1 aliphatic rings. The minimum absolute atomic E-state index is 0.207. The number of nitrogens with zero attached hydrogens (tertiary/aromatic N) is 3. The fourth-order valence-electron chi connectivity index (χ4n) is 3.28. The number of thiazole rings is 1. The van der Waals surface area contributed by atoms with E-state index in [0.717, 1.165) is 43.2 Å². The van der Waals surface area contributed by atoms with Crippen LogP contribution < -0.4 is 10.2 Å². The molecular formula is C21H24N4O2S. The Labute approximate surface area is 168 Å². The molecule has 2 aromatic heterocycles. The van der Waals surface area contributed by atoms with Gasteiger partial charge >= 0.3 is 0 Å². The molecule has 4 rings (SSSR count). The molecule has 3 aromatic rings. The topological polar surface area (TPSA) is 61.6 Å². The maximum atomic E-state index is 12.6. The van der Waals surface area contributed by atoms with Crippen LogP contribution in [0.1, 0.15) is 21.8 Å². The highest BCUT2D eigenvalue weighted by atomic mass is 32.1. The molecule has 146 valence electrons. The maximum absolute atomic E-state index is 12.6. The van der Waals surface area contributed by atoms with Gasteiger partial charge in [-0.1, -0.05) is 0 Å². The Morgan fingerprint density at radius 2 is 1.93 bits per heavy atom. The van der Waals surface area contributed by atoms with Crippen LogP contribution in [0.3, 0.4) is 0 Å². The van der Waals surface area contributed by atoms with E-state index < -0.39 is 0 Å². The minimum atomic E-state index is -0.207. The van der Waals surface area contributed by atoms with E-state index in [2.05, 4.69) is 39.3 Å². The van der Waals surface area contributed by atoms with Gasteiger partial charge in [0.15, 0.2) is 10.8 Å². The zero-order chi connectivity index (χ0) is 19.7. The lowest BCUT2D eigenvalue weighted by Gasteiger charge is -2.34. The van der Waals surface area contributed by atoms with E-state index in [1.54, 1.807) is 5.38 Å². The van der Waals surface area contributed by atoms with Gasteiger partial charge in [-0.15, -0.1) is 11.3 Å². The van der Waals surface area contributed by atoms with Gasteiger partial charge < -0.3 is 19.5 Å². The molecule has 3 heterocycles. The van der Waals surface area contributed by atoms with Crippen LogP contribution in [0.2, 0.25) is 0 Å². The van der Waals surface area contributed by atoms with Gasteiger partial charge in [0.1, 0.15) is 11.5 Å². The summed E-state index contributed by atoms with van der Waals surface area (Å²) in [5.41, 5.74) is 3.46. The summed E-state index contributed by atoms with van der Waals surface area (Å²) in [6.45, 7) is 8.09. The number of aryl methyl sites for hydroxylation is 2. The number of piperazine rings is 1. The molecule has 28 heavy (non-hydrogen) atoms. The number of nitrogens with one attached hydrogen (secondary N) is 1. The molecule has 1 N–H and O–H groups in total. The molecule has 0 bridgehead atoms. The van der Waals surface area contributed by atoms with Crippen LogP contribution in [0.5, 0.6) is 0 Å². The third kappa shape index (κ3) is 3.95. The number of hydrogen-bond acceptors (Lipinski definition) is 6. The minimum Gasteiger partial charge on any atom is -0.459 e. The number of likely N-dealkylation sites (N-methyl/N-ethyl adjacent to an activating group) is 1. The van der Waals surface area contributed by atoms with Gasteiger partial charge in [0.25, 0.3) is 5.91 Å². The van der Waals surface area contributed by atoms with Crippen LogP contribution >= 0.6 is 11.3 Å². The molecule has 1 aromatic carbocycles. The van der Waals surface area contributed by atoms with Crippen molar-refractivity contribution in [1.82, 2.24) is 9.88 Å². The van der Waals surface area contributed by atoms with Crippen molar-refractivity contribution in [1.29, 1.82) is 0 Å². The van der Waals surface area contributed by atoms with Gasteiger partial charge in [-0.2, -0.15) is 0 Å². The number of hydrogen-bond donors (Lipinski definition) is 1. The molecule has 1 amide bonds. The molecule has 6 nitrogen and oxygen atoms in total. The quantitative estimate of drug-likeness (QED) is 0.722. The molecular weight excluding hydrogens is 372 g/mol. The Morgan fingerprint density at radius 3 is 2.61 bits per heavy atom. The third-order valence-corrected chi connectivity index (χ3v) is 5.87. The fourth-order valence-corrected chi connectivity index (χ4v) is 4.04. The first-order valence-corrected chi connectivity index (χ1v) is 10.3. The first-order chi connectivity index (χ1) is 13.5. The molecule has 0 saturated carbocycles. The molecule has 7 heteroatoms. The molecule has 0 atom stereocenters. The number of carbonyl (C=O) groups is 1. The van der Waals surface area contributed by atoms with Gasteiger partial charge in [0.2, 0.25) is 0 Å². The van der Waals surface area contributed by atoms with E-state index >= 15 is 0 Å². The third-order valence-electron chi connectivity index (χ3n) is 5.01. The standard InChI is InChI=1S/C21H24N4O2S/c1-14-12-16(25-10-8-24(3)9-11-25)5-6-17(14)22-20(26)18-13-28-21(23-18)19-7-4-15(2)27-19/h4-7,12-13H,8-11H2,1-3H3,(H,22,26). The monoisotopic (exact) mass is 396 g/mol. The van der Waals surface area contributed by atoms with Crippen molar-refractivity contribution in [2.24, 2.45) is 0 Å². The summed E-state index contributed by atoms with van der Waals surface area (Å²) in [6, 6.07) is 9.95. The number of carbonyl (C=O) groups excluding carboxylic acids is 1. The summed E-state index contributed by atoms with van der Waals surface area (Å²) in [7, 11) is 2.15. The van der Waals surface area contributed by atoms with Gasteiger partial charge in [-0.25, -0.2) is 4.98 Å². The zero-order valence-electron chi connectivity index (χ0n) is 16.4. The van der Waals surface area contributed by atoms with Gasteiger partial charge in [0, 0.05) is 42.9 Å². The van der Waals surface area contributed by atoms with Crippen molar-refractivity contribution >= 4 is 28.6 Å². The first kappa shape index (κ1) is 18.7. The van der Waals surface area contributed by atoms with Crippen molar-refractivity contribution in [3.8, 4) is 10.8 Å². The Balaban J connectivity index is 1.45. The van der Waals surface area contributed by atoms with E-state index in [0.29, 0.717) is 16.5 Å². The smallest absolute Gasteiger partial charge is 0.275 e. The van der Waals surface area contributed by atoms with E-state index in [9.17, 15) is 4.79 Å². The van der Waals surface area contributed by atoms with E-state index in [1.165, 1.54) is 17.0 Å². The van der Waals surface area contributed by atoms with Crippen LogP contribution in [0.25, 0.3) is 10.8 Å². The van der Waals surface area contributed by atoms with Crippen molar-refractivity contribution < 1.29 is 9.21 Å². The molecule has 1 saturated heterocycles. The summed E-state index contributed by atoms with van der Waals surface area (Å²) < 4.78 is 5.59. The van der Waals surface area contributed by atoms with Crippen molar-refractivity contribution in [3.63, 3.8) is 0 Å². The molecule has 0 aliphatic carbocycles. The van der Waals surface area contributed by atoms with Gasteiger partial charge in [-0.05, 0) is 56.8 Å². The number of amides is 1. The maximum Gasteiger partial charge on any atom is 0.275 e. The van der Waals surface area contributed by atoms with Gasteiger partial charge in [0.05, 0.1) is 0 Å². The predicted molar refractivity (Wildman–Crippen MR) is 113 cm³/mol. The lowest BCUT2D eigenvalue weighted by Crippen LogP contribution is -2.44. The second-order valence-electron chi connectivity index (χ2n) is 7.19. The largest absolute Gasteiger partial charge is 0.459 e. The molecule has 0 radical (unpaired) electrons. The second-order valence-corrected chi connectivity index (χ2v) is 8.05. The Hall–Kier alpha value is -2.64. The van der Waals surface area contributed by atoms with Crippen molar-refractivity contribution in [2.75, 3.05) is 43.4 Å². The summed E-state index contributed by atoms with van der Waals surface area (Å²) in [6.07, 6.45) is 0. The SMILES string of the molecule is Cc1ccc(-c2nc(C(=O)Nc3ccc(N4CCN(C)CC4)cc3C)cs2)o1. The Kier molecular flexibility index (Phi) is 5.19. The molecule has 0 spiro atoms. The van der Waals surface area contributed by atoms with Crippen LogP contribution in [-0.2, 0) is 0 Å². The number of benzene rings is 1. The van der Waals surface area contributed by atoms with Crippen molar-refractivity contribution in [3.05, 3.63) is 52.7 Å².